The van der Waals surface area contributed by atoms with Gasteiger partial charge in [-0.1, -0.05) is 0 Å². The standard InChI is InChI=1S/C26H27BrNOP/c27-30(22-10-4-1-5-11-22,23-12-6-2-7-13-23,24-14-8-3-9-15-24)25-18-19-28(26(25)29)20-21-16-17-21/h1-15,21,25H,16-20H2/t25-/m1/s1. The molecular weight excluding hydrogens is 453 g/mol. The van der Waals surface area contributed by atoms with Crippen LogP contribution in [0.5, 0.6) is 0 Å². The Morgan fingerprint density at radius 1 is 0.733 bits per heavy atom. The van der Waals surface area contributed by atoms with E-state index in [9.17, 15) is 4.79 Å². The number of carbonyl (C=O) groups excluding carboxylic acids is 1. The molecule has 0 bridgehead atoms. The van der Waals surface area contributed by atoms with Gasteiger partial charge in [-0.3, -0.25) is 0 Å². The Hall–Kier alpha value is -1.96. The predicted octanol–water partition coefficient (Wildman–Crippen LogP) is 4.84. The van der Waals surface area contributed by atoms with Gasteiger partial charge in [0.15, 0.2) is 0 Å². The molecule has 5 rings (SSSR count). The van der Waals surface area contributed by atoms with Crippen molar-refractivity contribution < 1.29 is 4.79 Å². The van der Waals surface area contributed by atoms with Crippen molar-refractivity contribution in [3.8, 4) is 0 Å². The summed E-state index contributed by atoms with van der Waals surface area (Å²) >= 11 is 4.48. The zero-order chi connectivity index (χ0) is 20.6. The van der Waals surface area contributed by atoms with E-state index in [2.05, 4.69) is 111 Å². The molecule has 0 unspecified atom stereocenters. The normalized spacial score (nSPS) is 20.7. The van der Waals surface area contributed by atoms with Crippen LogP contribution in [-0.2, 0) is 4.79 Å². The Morgan fingerprint density at radius 2 is 1.17 bits per heavy atom. The molecule has 1 aliphatic heterocycles. The average Bonchev–Trinajstić information content (AvgIpc) is 3.56. The van der Waals surface area contributed by atoms with Crippen LogP contribution in [0, 0.1) is 5.92 Å². The molecule has 2 fully saturated rings. The molecule has 3 aromatic rings. The van der Waals surface area contributed by atoms with Gasteiger partial charge in [0.25, 0.3) is 0 Å². The first-order valence-electron chi connectivity index (χ1n) is 10.8. The van der Waals surface area contributed by atoms with Gasteiger partial charge in [0, 0.05) is 0 Å². The summed E-state index contributed by atoms with van der Waals surface area (Å²) < 4.78 is 0. The van der Waals surface area contributed by atoms with Gasteiger partial charge in [-0.25, -0.2) is 0 Å². The molecule has 1 atom stereocenters. The Bertz CT molecular complexity index is 937. The van der Waals surface area contributed by atoms with Crippen molar-refractivity contribution in [1.29, 1.82) is 0 Å². The van der Waals surface area contributed by atoms with Crippen LogP contribution < -0.4 is 15.9 Å². The number of amides is 1. The van der Waals surface area contributed by atoms with Crippen molar-refractivity contribution in [2.24, 2.45) is 5.92 Å². The second-order valence-electron chi connectivity index (χ2n) is 8.61. The van der Waals surface area contributed by atoms with Crippen LogP contribution in [0.3, 0.4) is 0 Å². The number of rotatable bonds is 6. The van der Waals surface area contributed by atoms with Crippen LogP contribution >= 0.6 is 20.8 Å². The van der Waals surface area contributed by atoms with Gasteiger partial charge >= 0.3 is 187 Å². The average molecular weight is 480 g/mol. The number of nitrogens with zero attached hydrogens (tertiary/aromatic N) is 1. The first kappa shape index (κ1) is 20.0. The van der Waals surface area contributed by atoms with Crippen molar-refractivity contribution in [2.75, 3.05) is 13.1 Å². The molecule has 0 spiro atoms. The minimum atomic E-state index is -3.23. The van der Waals surface area contributed by atoms with E-state index in [1.54, 1.807) is 0 Å². The van der Waals surface area contributed by atoms with Crippen molar-refractivity contribution >= 4 is 42.6 Å². The van der Waals surface area contributed by atoms with Crippen molar-refractivity contribution in [3.05, 3.63) is 91.0 Å². The molecule has 0 radical (unpaired) electrons. The molecule has 0 aromatic heterocycles. The molecule has 2 nitrogen and oxygen atoms in total. The summed E-state index contributed by atoms with van der Waals surface area (Å²) in [4.78, 5) is 16.1. The van der Waals surface area contributed by atoms with Crippen LogP contribution in [0.25, 0.3) is 0 Å². The number of hydrogen-bond acceptors (Lipinski definition) is 1. The molecule has 1 heterocycles. The molecule has 2 aliphatic rings. The summed E-state index contributed by atoms with van der Waals surface area (Å²) in [5.41, 5.74) is -0.0954. The molecule has 1 aliphatic carbocycles. The fraction of sp³-hybridized carbons (Fsp3) is 0.269. The quantitative estimate of drug-likeness (QED) is 0.463. The van der Waals surface area contributed by atoms with Gasteiger partial charge in [0.2, 0.25) is 0 Å². The summed E-state index contributed by atoms with van der Waals surface area (Å²) in [5.74, 6) is 1.02. The molecule has 0 N–H and O–H groups in total. The molecule has 1 amide bonds. The molecule has 3 aromatic carbocycles. The summed E-state index contributed by atoms with van der Waals surface area (Å²) in [6, 6.07) is 32.1. The van der Waals surface area contributed by atoms with Crippen molar-refractivity contribution in [3.63, 3.8) is 0 Å². The third-order valence-corrected chi connectivity index (χ3v) is 17.6. The van der Waals surface area contributed by atoms with Gasteiger partial charge in [-0.05, 0) is 0 Å². The maximum atomic E-state index is 14.0. The van der Waals surface area contributed by atoms with Crippen LogP contribution in [-0.4, -0.2) is 29.6 Å². The Kier molecular flexibility index (Phi) is 5.08. The summed E-state index contributed by atoms with van der Waals surface area (Å²) in [5, 5.41) is 0.460. The Balaban J connectivity index is 1.78. The predicted molar refractivity (Wildman–Crippen MR) is 132 cm³/mol. The van der Waals surface area contributed by atoms with E-state index in [4.69, 9.17) is 0 Å². The number of halogens is 1. The number of carbonyl (C=O) groups is 1. The first-order valence-corrected chi connectivity index (χ1v) is 15.1. The molecule has 4 heteroatoms. The third kappa shape index (κ3) is 2.98. The fourth-order valence-corrected chi connectivity index (χ4v) is 13.8. The molecule has 30 heavy (non-hydrogen) atoms. The van der Waals surface area contributed by atoms with Crippen LogP contribution in [0.4, 0.5) is 0 Å². The van der Waals surface area contributed by atoms with Crippen molar-refractivity contribution in [2.45, 2.75) is 24.9 Å². The number of benzene rings is 3. The number of hydrogen-bond donors (Lipinski definition) is 0. The topological polar surface area (TPSA) is 20.3 Å². The second kappa shape index (κ2) is 7.62. The van der Waals surface area contributed by atoms with Crippen LogP contribution in [0.2, 0.25) is 0 Å². The van der Waals surface area contributed by atoms with Gasteiger partial charge < -0.3 is 0 Å². The SMILES string of the molecule is O=C1[C@H](P(Br)(c2ccccc2)(c2ccccc2)c2ccccc2)CCN1CC1CC1. The van der Waals surface area contributed by atoms with Crippen LogP contribution in [0.15, 0.2) is 91.0 Å². The third-order valence-electron chi connectivity index (χ3n) is 6.81. The van der Waals surface area contributed by atoms with E-state index >= 15 is 0 Å². The molecular formula is C26H27BrNOP. The summed E-state index contributed by atoms with van der Waals surface area (Å²) in [6.45, 7) is 1.78. The van der Waals surface area contributed by atoms with Gasteiger partial charge in [-0.2, -0.15) is 0 Å². The van der Waals surface area contributed by atoms with E-state index in [1.807, 2.05) is 0 Å². The summed E-state index contributed by atoms with van der Waals surface area (Å²) in [6.07, 6.45) is 3.41. The minimum absolute atomic E-state index is 0.0954. The van der Waals surface area contributed by atoms with Gasteiger partial charge in [-0.15, -0.1) is 0 Å². The molecule has 154 valence electrons. The van der Waals surface area contributed by atoms with E-state index in [0.717, 1.165) is 19.5 Å². The van der Waals surface area contributed by atoms with Gasteiger partial charge in [0.05, 0.1) is 0 Å². The zero-order valence-electron chi connectivity index (χ0n) is 17.0. The Morgan fingerprint density at radius 3 is 1.57 bits per heavy atom. The van der Waals surface area contributed by atoms with Crippen LogP contribution in [0.1, 0.15) is 19.3 Å². The first-order chi connectivity index (χ1) is 14.6. The maximum absolute atomic E-state index is 14.0. The van der Waals surface area contributed by atoms with Gasteiger partial charge in [0.1, 0.15) is 0 Å². The van der Waals surface area contributed by atoms with Crippen molar-refractivity contribution in [1.82, 2.24) is 4.90 Å². The summed E-state index contributed by atoms with van der Waals surface area (Å²) in [7, 11) is 0. The zero-order valence-corrected chi connectivity index (χ0v) is 19.5. The van der Waals surface area contributed by atoms with E-state index < -0.39 is 5.31 Å². The van der Waals surface area contributed by atoms with E-state index in [1.165, 1.54) is 28.8 Å². The van der Waals surface area contributed by atoms with E-state index in [-0.39, 0.29) is 5.66 Å². The monoisotopic (exact) mass is 479 g/mol. The second-order valence-corrected chi connectivity index (χ2v) is 17.4. The van der Waals surface area contributed by atoms with E-state index in [0.29, 0.717) is 11.8 Å². The molecule has 1 saturated heterocycles. The molecule has 1 saturated carbocycles. The number of likely N-dealkylation sites (tertiary alicyclic amines) is 1. The Labute approximate surface area is 187 Å². The fourth-order valence-electron chi connectivity index (χ4n) is 5.11.